The maximum atomic E-state index is 12.9. The fourth-order valence-corrected chi connectivity index (χ4v) is 6.06. The van der Waals surface area contributed by atoms with Gasteiger partial charge in [-0.15, -0.1) is 0 Å². The monoisotopic (exact) mass is 670 g/mol. The van der Waals surface area contributed by atoms with E-state index in [1.807, 2.05) is 33.9 Å². The van der Waals surface area contributed by atoms with Crippen molar-refractivity contribution in [1.82, 2.24) is 24.4 Å². The summed E-state index contributed by atoms with van der Waals surface area (Å²) in [6, 6.07) is 15.5. The molecule has 0 unspecified atom stereocenters. The number of aromatic nitrogens is 3. The van der Waals surface area contributed by atoms with Crippen LogP contribution in [0.25, 0.3) is 22.4 Å². The largest absolute Gasteiger partial charge is 0.481 e. The van der Waals surface area contributed by atoms with Crippen LogP contribution in [-0.2, 0) is 28.4 Å². The van der Waals surface area contributed by atoms with E-state index in [2.05, 4.69) is 15.4 Å². The van der Waals surface area contributed by atoms with Crippen LogP contribution >= 0.6 is 23.2 Å². The number of carbonyl (C=O) groups is 2. The van der Waals surface area contributed by atoms with Crippen molar-refractivity contribution in [3.8, 4) is 28.3 Å². The summed E-state index contributed by atoms with van der Waals surface area (Å²) in [5.74, 6) is -1.18. The minimum absolute atomic E-state index is 0.0798. The molecule has 0 atom stereocenters. The van der Waals surface area contributed by atoms with E-state index in [0.29, 0.717) is 58.6 Å². The van der Waals surface area contributed by atoms with Gasteiger partial charge in [-0.2, -0.15) is 5.10 Å². The third-order valence-electron chi connectivity index (χ3n) is 7.20. The van der Waals surface area contributed by atoms with Crippen LogP contribution in [0.3, 0.4) is 0 Å². The lowest BCUT2D eigenvalue weighted by molar-refractivity contribution is -0.128. The van der Waals surface area contributed by atoms with E-state index in [4.69, 9.17) is 27.9 Å². The zero-order chi connectivity index (χ0) is 32.5. The number of nitrogens with one attached hydrogen (secondary N) is 2. The minimum atomic E-state index is -3.61. The number of pyridine rings is 1. The van der Waals surface area contributed by atoms with Crippen LogP contribution in [0.15, 0.2) is 65.6 Å². The average Bonchev–Trinajstić information content (AvgIpc) is 2.96. The number of carbonyl (C=O) groups excluding carboxylic acids is 2. The molecule has 2 aromatic carbocycles. The van der Waals surface area contributed by atoms with Crippen LogP contribution in [0, 0.1) is 5.92 Å². The van der Waals surface area contributed by atoms with E-state index in [1.54, 1.807) is 24.3 Å². The summed E-state index contributed by atoms with van der Waals surface area (Å²) in [6.07, 6.45) is 2.31. The van der Waals surface area contributed by atoms with Crippen molar-refractivity contribution in [2.45, 2.75) is 6.54 Å². The number of nitrogens with zero attached hydrogens (tertiary/aromatic N) is 4. The lowest BCUT2D eigenvalue weighted by Crippen LogP contribution is -2.53. The zero-order valence-corrected chi connectivity index (χ0v) is 26.7. The van der Waals surface area contributed by atoms with Gasteiger partial charge in [0.25, 0.3) is 11.5 Å². The van der Waals surface area contributed by atoms with Gasteiger partial charge >= 0.3 is 0 Å². The molecule has 1 aliphatic heterocycles. The number of methoxy groups -OCH3 is 1. The van der Waals surface area contributed by atoms with Gasteiger partial charge in [-0.05, 0) is 18.2 Å². The molecular formula is C30H28Cl2N6O6S. The first kappa shape index (κ1) is 32.1. The summed E-state index contributed by atoms with van der Waals surface area (Å²) in [5, 5.41) is 7.13. The van der Waals surface area contributed by atoms with E-state index in [1.165, 1.54) is 26.4 Å². The number of likely N-dealkylation sites (tertiary alicyclic amines) is 1. The zero-order valence-electron chi connectivity index (χ0n) is 24.4. The minimum Gasteiger partial charge on any atom is -0.481 e. The van der Waals surface area contributed by atoms with Crippen LogP contribution < -0.4 is 20.3 Å². The topological polar surface area (TPSA) is 153 Å². The molecule has 4 aromatic rings. The van der Waals surface area contributed by atoms with Gasteiger partial charge in [0.05, 0.1) is 40.7 Å². The number of hydrogen-bond donors (Lipinski definition) is 2. The predicted octanol–water partition coefficient (Wildman–Crippen LogP) is 3.58. The first-order chi connectivity index (χ1) is 21.4. The van der Waals surface area contributed by atoms with E-state index in [-0.39, 0.29) is 10.6 Å². The summed E-state index contributed by atoms with van der Waals surface area (Å²) in [6.45, 7) is 1.26. The summed E-state index contributed by atoms with van der Waals surface area (Å²) in [7, 11) is -0.646. The van der Waals surface area contributed by atoms with Gasteiger partial charge in [0.15, 0.2) is 0 Å². The smallest absolute Gasteiger partial charge is 0.279 e. The Morgan fingerprint density at radius 3 is 2.36 bits per heavy atom. The summed E-state index contributed by atoms with van der Waals surface area (Å²) < 4.78 is 31.3. The van der Waals surface area contributed by atoms with Crippen LogP contribution in [0.4, 0.5) is 5.69 Å². The molecule has 0 spiro atoms. The number of benzene rings is 2. The maximum Gasteiger partial charge on any atom is 0.279 e. The molecular weight excluding hydrogens is 643 g/mol. The van der Waals surface area contributed by atoms with Crippen molar-refractivity contribution in [3.63, 3.8) is 0 Å². The van der Waals surface area contributed by atoms with E-state index < -0.39 is 33.3 Å². The molecule has 2 N–H and O–H groups in total. The number of ether oxygens (including phenoxy) is 1. The van der Waals surface area contributed by atoms with Gasteiger partial charge in [-0.1, -0.05) is 59.6 Å². The molecule has 3 heterocycles. The summed E-state index contributed by atoms with van der Waals surface area (Å²) >= 11 is 13.7. The van der Waals surface area contributed by atoms with Crippen LogP contribution in [0.1, 0.15) is 15.9 Å². The SMILES string of the molecule is COc1nc(-c2cccc(-c3cccc(NC(=O)c4ccnn(C)c4=O)c3Cl)c2Cl)ccc1CN1CC(C(=O)NS(C)(=O)=O)C1. The first-order valence-electron chi connectivity index (χ1n) is 13.6. The Kier molecular flexibility index (Phi) is 9.26. The lowest BCUT2D eigenvalue weighted by Gasteiger charge is -2.38. The average molecular weight is 672 g/mol. The Hall–Kier alpha value is -4.30. The number of sulfonamides is 1. The van der Waals surface area contributed by atoms with Crippen molar-refractivity contribution in [2.24, 2.45) is 13.0 Å². The molecule has 1 saturated heterocycles. The van der Waals surface area contributed by atoms with Gasteiger partial charge in [-0.3, -0.25) is 24.0 Å². The molecule has 1 aliphatic rings. The fraction of sp³-hybridized carbons (Fsp3) is 0.233. The summed E-state index contributed by atoms with van der Waals surface area (Å²) in [4.78, 5) is 44.0. The van der Waals surface area contributed by atoms with Gasteiger partial charge in [0.1, 0.15) is 5.56 Å². The molecule has 2 amide bonds. The molecule has 1 fully saturated rings. The quantitative estimate of drug-likeness (QED) is 0.272. The van der Waals surface area contributed by atoms with Crippen molar-refractivity contribution < 1.29 is 22.7 Å². The van der Waals surface area contributed by atoms with Gasteiger partial charge in [-0.25, -0.2) is 18.1 Å². The van der Waals surface area contributed by atoms with Gasteiger partial charge in [0, 0.05) is 55.1 Å². The predicted molar refractivity (Wildman–Crippen MR) is 171 cm³/mol. The van der Waals surface area contributed by atoms with Crippen molar-refractivity contribution in [3.05, 3.63) is 92.3 Å². The maximum absolute atomic E-state index is 12.9. The fourth-order valence-electron chi connectivity index (χ4n) is 4.93. The van der Waals surface area contributed by atoms with Gasteiger partial charge < -0.3 is 10.1 Å². The molecule has 0 bridgehead atoms. The van der Waals surface area contributed by atoms with E-state index >= 15 is 0 Å². The second-order valence-electron chi connectivity index (χ2n) is 10.5. The molecule has 0 saturated carbocycles. The first-order valence-corrected chi connectivity index (χ1v) is 16.2. The highest BCUT2D eigenvalue weighted by atomic mass is 35.5. The number of aryl methyl sites for hydroxylation is 1. The Labute approximate surface area is 269 Å². The lowest BCUT2D eigenvalue weighted by atomic mass is 9.98. The highest BCUT2D eigenvalue weighted by molar-refractivity contribution is 7.89. The standard InChI is InChI=1S/C30H28Cl2N6O6S/c1-37-30(41)22(12-13-33-37)28(40)34-24-9-5-7-20(26(24)32)19-6-4-8-21(25(19)31)23-11-10-17(29(35-23)44-2)14-38-15-18(16-38)27(39)36-45(3,42)43/h4-13,18H,14-16H2,1-3H3,(H,34,40)(H,36,39). The Balaban J connectivity index is 1.36. The second kappa shape index (κ2) is 13.0. The third kappa shape index (κ3) is 7.01. The number of halogens is 2. The number of rotatable bonds is 9. The molecule has 15 heteroatoms. The Bertz CT molecular complexity index is 1980. The Morgan fingerprint density at radius 2 is 1.67 bits per heavy atom. The van der Waals surface area contributed by atoms with E-state index in [9.17, 15) is 22.8 Å². The number of anilines is 1. The molecule has 234 valence electrons. The highest BCUT2D eigenvalue weighted by Gasteiger charge is 2.34. The molecule has 45 heavy (non-hydrogen) atoms. The molecule has 5 rings (SSSR count). The molecule has 12 nitrogen and oxygen atoms in total. The van der Waals surface area contributed by atoms with Crippen LogP contribution in [0.2, 0.25) is 10.0 Å². The van der Waals surface area contributed by atoms with Crippen molar-refractivity contribution >= 4 is 50.7 Å². The molecule has 0 aliphatic carbocycles. The number of amides is 2. The second-order valence-corrected chi connectivity index (χ2v) is 13.0. The van der Waals surface area contributed by atoms with Gasteiger partial charge in [0.2, 0.25) is 21.8 Å². The van der Waals surface area contributed by atoms with Crippen LogP contribution in [-0.4, -0.2) is 66.4 Å². The summed E-state index contributed by atoms with van der Waals surface area (Å²) in [5.41, 5.74) is 2.77. The normalized spacial score (nSPS) is 13.6. The Morgan fingerprint density at radius 1 is 1.00 bits per heavy atom. The van der Waals surface area contributed by atoms with Crippen molar-refractivity contribution in [1.29, 1.82) is 0 Å². The van der Waals surface area contributed by atoms with E-state index in [0.717, 1.165) is 16.5 Å². The van der Waals surface area contributed by atoms with Crippen molar-refractivity contribution in [2.75, 3.05) is 31.8 Å². The highest BCUT2D eigenvalue weighted by Crippen LogP contribution is 2.41. The third-order valence-corrected chi connectivity index (χ3v) is 8.59. The number of hydrogen-bond acceptors (Lipinski definition) is 9. The molecule has 2 aromatic heterocycles. The van der Waals surface area contributed by atoms with Crippen LogP contribution in [0.5, 0.6) is 5.88 Å². The molecule has 0 radical (unpaired) electrons.